The standard InChI is InChI=1S/C22H23N3O2/c1-14-10-12-15(13-11-14)21(26)25-19-17-8-4-5-9-18(17)24-20(19)22(27)23-16-6-2-3-7-16/h4-5,8-13,16,24H,2-3,6-7H2,1H3,(H,23,27)(H,25,26). The molecular formula is C22H23N3O2. The van der Waals surface area contributed by atoms with Crippen LogP contribution in [0.1, 0.15) is 52.1 Å². The van der Waals surface area contributed by atoms with E-state index in [1.54, 1.807) is 12.1 Å². The van der Waals surface area contributed by atoms with Gasteiger partial charge in [0, 0.05) is 22.5 Å². The van der Waals surface area contributed by atoms with E-state index in [0.29, 0.717) is 16.9 Å². The number of hydrogen-bond acceptors (Lipinski definition) is 2. The molecule has 4 rings (SSSR count). The number of fused-ring (bicyclic) bond motifs is 1. The number of aromatic amines is 1. The molecule has 3 aromatic rings. The van der Waals surface area contributed by atoms with Crippen LogP contribution in [0, 0.1) is 6.92 Å². The molecule has 1 aliphatic rings. The molecule has 138 valence electrons. The molecule has 1 aliphatic carbocycles. The number of hydrogen-bond donors (Lipinski definition) is 3. The van der Waals surface area contributed by atoms with E-state index >= 15 is 0 Å². The van der Waals surface area contributed by atoms with E-state index in [1.807, 2.05) is 43.3 Å². The average Bonchev–Trinajstić information content (AvgIpc) is 3.30. The lowest BCUT2D eigenvalue weighted by Gasteiger charge is -2.13. The molecule has 1 aromatic heterocycles. The molecule has 5 nitrogen and oxygen atoms in total. The van der Waals surface area contributed by atoms with Crippen molar-refractivity contribution in [3.8, 4) is 0 Å². The van der Waals surface area contributed by atoms with E-state index in [4.69, 9.17) is 0 Å². The molecule has 0 unspecified atom stereocenters. The summed E-state index contributed by atoms with van der Waals surface area (Å²) in [5.74, 6) is -0.396. The van der Waals surface area contributed by atoms with Crippen molar-refractivity contribution in [3.05, 3.63) is 65.4 Å². The third-order valence-corrected chi connectivity index (χ3v) is 5.18. The van der Waals surface area contributed by atoms with Gasteiger partial charge in [-0.3, -0.25) is 9.59 Å². The van der Waals surface area contributed by atoms with Gasteiger partial charge in [-0.2, -0.15) is 0 Å². The van der Waals surface area contributed by atoms with Crippen molar-refractivity contribution >= 4 is 28.4 Å². The van der Waals surface area contributed by atoms with Crippen LogP contribution in [-0.2, 0) is 0 Å². The monoisotopic (exact) mass is 361 g/mol. The van der Waals surface area contributed by atoms with Gasteiger partial charge in [-0.25, -0.2) is 0 Å². The molecule has 1 heterocycles. The Bertz CT molecular complexity index is 982. The first-order valence-corrected chi connectivity index (χ1v) is 9.41. The van der Waals surface area contributed by atoms with Crippen molar-refractivity contribution in [2.24, 2.45) is 0 Å². The fourth-order valence-corrected chi connectivity index (χ4v) is 3.66. The number of nitrogens with one attached hydrogen (secondary N) is 3. The van der Waals surface area contributed by atoms with Gasteiger partial charge >= 0.3 is 0 Å². The fourth-order valence-electron chi connectivity index (χ4n) is 3.66. The van der Waals surface area contributed by atoms with E-state index in [0.717, 1.165) is 42.1 Å². The molecule has 2 amide bonds. The third kappa shape index (κ3) is 3.58. The molecule has 27 heavy (non-hydrogen) atoms. The molecular weight excluding hydrogens is 338 g/mol. The van der Waals surface area contributed by atoms with Gasteiger partial charge in [-0.1, -0.05) is 48.7 Å². The Morgan fingerprint density at radius 3 is 2.41 bits per heavy atom. The fraction of sp³-hybridized carbons (Fsp3) is 0.273. The molecule has 0 spiro atoms. The SMILES string of the molecule is Cc1ccc(C(=O)Nc2c(C(=O)NC3CCCC3)[nH]c3ccccc23)cc1. The highest BCUT2D eigenvalue weighted by molar-refractivity contribution is 6.15. The van der Waals surface area contributed by atoms with Crippen LogP contribution in [0.4, 0.5) is 5.69 Å². The lowest BCUT2D eigenvalue weighted by Crippen LogP contribution is -2.33. The number of anilines is 1. The van der Waals surface area contributed by atoms with Crippen molar-refractivity contribution in [1.82, 2.24) is 10.3 Å². The predicted molar refractivity (Wildman–Crippen MR) is 107 cm³/mol. The highest BCUT2D eigenvalue weighted by Crippen LogP contribution is 2.29. The van der Waals surface area contributed by atoms with Gasteiger partial charge in [0.1, 0.15) is 5.69 Å². The number of H-pyrrole nitrogens is 1. The minimum atomic E-state index is -0.227. The summed E-state index contributed by atoms with van der Waals surface area (Å²) in [6.07, 6.45) is 4.32. The number of aryl methyl sites for hydroxylation is 1. The van der Waals surface area contributed by atoms with Crippen molar-refractivity contribution < 1.29 is 9.59 Å². The first kappa shape index (κ1) is 17.3. The van der Waals surface area contributed by atoms with Crippen LogP contribution in [0.2, 0.25) is 0 Å². The van der Waals surface area contributed by atoms with Gasteiger partial charge < -0.3 is 15.6 Å². The number of amides is 2. The number of para-hydroxylation sites is 1. The van der Waals surface area contributed by atoms with E-state index in [2.05, 4.69) is 15.6 Å². The summed E-state index contributed by atoms with van der Waals surface area (Å²) in [6.45, 7) is 1.98. The summed E-state index contributed by atoms with van der Waals surface area (Å²) in [6, 6.07) is 15.2. The van der Waals surface area contributed by atoms with E-state index in [-0.39, 0.29) is 17.9 Å². The molecule has 0 radical (unpaired) electrons. The maximum atomic E-state index is 12.9. The zero-order chi connectivity index (χ0) is 18.8. The highest BCUT2D eigenvalue weighted by Gasteiger charge is 2.23. The third-order valence-electron chi connectivity index (χ3n) is 5.18. The van der Waals surface area contributed by atoms with Crippen molar-refractivity contribution in [2.45, 2.75) is 38.6 Å². The predicted octanol–water partition coefficient (Wildman–Crippen LogP) is 4.40. The Balaban J connectivity index is 1.66. The average molecular weight is 361 g/mol. The first-order valence-electron chi connectivity index (χ1n) is 9.41. The van der Waals surface area contributed by atoms with Crippen LogP contribution >= 0.6 is 0 Å². The minimum absolute atomic E-state index is 0.169. The largest absolute Gasteiger partial charge is 0.349 e. The second kappa shape index (κ2) is 7.27. The summed E-state index contributed by atoms with van der Waals surface area (Å²) in [7, 11) is 0. The summed E-state index contributed by atoms with van der Waals surface area (Å²) in [5.41, 5.74) is 3.42. The maximum Gasteiger partial charge on any atom is 0.270 e. The summed E-state index contributed by atoms with van der Waals surface area (Å²) >= 11 is 0. The van der Waals surface area contributed by atoms with Crippen LogP contribution in [0.5, 0.6) is 0 Å². The van der Waals surface area contributed by atoms with Gasteiger partial charge in [-0.05, 0) is 38.0 Å². The number of rotatable bonds is 4. The zero-order valence-electron chi connectivity index (χ0n) is 15.3. The van der Waals surface area contributed by atoms with Crippen LogP contribution < -0.4 is 10.6 Å². The van der Waals surface area contributed by atoms with Crippen molar-refractivity contribution in [1.29, 1.82) is 0 Å². The Morgan fingerprint density at radius 1 is 0.963 bits per heavy atom. The van der Waals surface area contributed by atoms with Crippen LogP contribution in [0.3, 0.4) is 0 Å². The van der Waals surface area contributed by atoms with E-state index < -0.39 is 0 Å². The molecule has 0 aliphatic heterocycles. The van der Waals surface area contributed by atoms with Crippen LogP contribution in [0.15, 0.2) is 48.5 Å². The summed E-state index contributed by atoms with van der Waals surface area (Å²) in [4.78, 5) is 28.8. The number of carbonyl (C=O) groups is 2. The molecule has 0 saturated heterocycles. The zero-order valence-corrected chi connectivity index (χ0v) is 15.3. The van der Waals surface area contributed by atoms with E-state index in [9.17, 15) is 9.59 Å². The molecule has 2 aromatic carbocycles. The van der Waals surface area contributed by atoms with Gasteiger partial charge in [0.2, 0.25) is 0 Å². The molecule has 5 heteroatoms. The Kier molecular flexibility index (Phi) is 4.67. The lowest BCUT2D eigenvalue weighted by molar-refractivity contribution is 0.0934. The lowest BCUT2D eigenvalue weighted by atomic mass is 10.1. The second-order valence-electron chi connectivity index (χ2n) is 7.20. The highest BCUT2D eigenvalue weighted by atomic mass is 16.2. The summed E-state index contributed by atoms with van der Waals surface area (Å²) < 4.78 is 0. The summed E-state index contributed by atoms with van der Waals surface area (Å²) in [5, 5.41) is 6.87. The quantitative estimate of drug-likeness (QED) is 0.644. The number of aromatic nitrogens is 1. The van der Waals surface area contributed by atoms with Crippen LogP contribution in [-0.4, -0.2) is 22.8 Å². The molecule has 0 bridgehead atoms. The van der Waals surface area contributed by atoms with Gasteiger partial charge in [0.25, 0.3) is 11.8 Å². The normalized spacial score (nSPS) is 14.4. The van der Waals surface area contributed by atoms with E-state index in [1.165, 1.54) is 0 Å². The van der Waals surface area contributed by atoms with Gasteiger partial charge in [0.05, 0.1) is 5.69 Å². The van der Waals surface area contributed by atoms with Crippen molar-refractivity contribution in [2.75, 3.05) is 5.32 Å². The maximum absolute atomic E-state index is 12.9. The first-order chi connectivity index (χ1) is 13.1. The Morgan fingerprint density at radius 2 is 1.67 bits per heavy atom. The Hall–Kier alpha value is -3.08. The smallest absolute Gasteiger partial charge is 0.270 e. The number of carbonyl (C=O) groups excluding carboxylic acids is 2. The van der Waals surface area contributed by atoms with Crippen LogP contribution in [0.25, 0.3) is 10.9 Å². The second-order valence-corrected chi connectivity index (χ2v) is 7.20. The van der Waals surface area contributed by atoms with Gasteiger partial charge in [-0.15, -0.1) is 0 Å². The molecule has 1 saturated carbocycles. The minimum Gasteiger partial charge on any atom is -0.349 e. The topological polar surface area (TPSA) is 74.0 Å². The van der Waals surface area contributed by atoms with Gasteiger partial charge in [0.15, 0.2) is 0 Å². The Labute approximate surface area is 158 Å². The van der Waals surface area contributed by atoms with Crippen molar-refractivity contribution in [3.63, 3.8) is 0 Å². The molecule has 0 atom stereocenters. The molecule has 1 fully saturated rings. The molecule has 3 N–H and O–H groups in total. The number of benzene rings is 2.